The topological polar surface area (TPSA) is 139 Å². The molecule has 0 spiro atoms. The zero-order valence-electron chi connectivity index (χ0n) is 30.3. The number of benzene rings is 4. The molecule has 0 amide bonds. The Balaban J connectivity index is 1.08. The Kier molecular flexibility index (Phi) is 9.47. The molecule has 4 atom stereocenters. The fraction of sp³-hybridized carbons (Fsp3) is 0.268. The van der Waals surface area contributed by atoms with Gasteiger partial charge < -0.3 is 37.9 Å². The maximum Gasteiger partial charge on any atom is 0.310 e. The van der Waals surface area contributed by atoms with E-state index in [4.69, 9.17) is 37.9 Å². The summed E-state index contributed by atoms with van der Waals surface area (Å²) in [4.78, 5) is 26.6. The number of rotatable bonds is 12. The van der Waals surface area contributed by atoms with E-state index in [1.807, 2.05) is 24.3 Å². The van der Waals surface area contributed by atoms with Gasteiger partial charge in [0, 0.05) is 17.4 Å². The van der Waals surface area contributed by atoms with Crippen LogP contribution in [0, 0.1) is 17.7 Å². The van der Waals surface area contributed by atoms with E-state index in [0.29, 0.717) is 57.1 Å². The van der Waals surface area contributed by atoms with E-state index >= 15 is 0 Å². The third-order valence-corrected chi connectivity index (χ3v) is 10.2. The normalized spacial score (nSPS) is 19.4. The average molecular weight is 750 g/mol. The summed E-state index contributed by atoms with van der Waals surface area (Å²) >= 11 is 0. The summed E-state index contributed by atoms with van der Waals surface area (Å²) in [5, 5.41) is 8.94. The van der Waals surface area contributed by atoms with Crippen molar-refractivity contribution in [3.8, 4) is 40.2 Å². The number of esters is 1. The predicted octanol–water partition coefficient (Wildman–Crippen LogP) is 6.18. The van der Waals surface area contributed by atoms with Gasteiger partial charge in [0.05, 0.1) is 53.2 Å². The fourth-order valence-corrected chi connectivity index (χ4v) is 7.60. The molecule has 55 heavy (non-hydrogen) atoms. The second kappa shape index (κ2) is 14.7. The molecule has 5 aromatic rings. The third-order valence-electron chi connectivity index (χ3n) is 10.2. The molecule has 13 nitrogen and oxygen atoms in total. The van der Waals surface area contributed by atoms with Crippen molar-refractivity contribution in [1.82, 2.24) is 15.0 Å². The van der Waals surface area contributed by atoms with Crippen LogP contribution in [0.2, 0.25) is 0 Å². The molecular formula is C41H36FN3O10. The molecule has 2 aliphatic heterocycles. The van der Waals surface area contributed by atoms with Crippen LogP contribution in [0.5, 0.6) is 40.2 Å². The van der Waals surface area contributed by atoms with Gasteiger partial charge in [-0.1, -0.05) is 23.4 Å². The highest BCUT2D eigenvalue weighted by atomic mass is 19.1. The Morgan fingerprint density at radius 1 is 0.855 bits per heavy atom. The number of hydrogen-bond acceptors (Lipinski definition) is 12. The van der Waals surface area contributed by atoms with Crippen LogP contribution in [0.4, 0.5) is 4.39 Å². The Hall–Kier alpha value is -6.57. The van der Waals surface area contributed by atoms with E-state index in [-0.39, 0.29) is 43.5 Å². The molecule has 14 heteroatoms. The summed E-state index contributed by atoms with van der Waals surface area (Å²) in [6.07, 6.45) is 4.81. The highest BCUT2D eigenvalue weighted by Gasteiger charge is 2.53. The average Bonchev–Trinajstić information content (AvgIpc) is 3.97. The number of ether oxygens (including phenoxy) is 8. The standard InChI is InChI=1S/C41H36FN3O10/c1-48-32-13-23(30(46)11-7-22-5-9-25(42)10-6-22)8-12-31(32)52-19-26-18-45(44-43-26)39-28-17-34-33(54-21-55-34)16-27(28)37(38-29(39)20-53-41(38)47)24-14-35(49-2)40(51-4)36(15-24)50-3/h5-18,29,37-39H,19-21H2,1-4H3/b11-7+/t29-,37+,38-,39-/m0/s1. The summed E-state index contributed by atoms with van der Waals surface area (Å²) in [6, 6.07) is 17.8. The molecule has 1 fully saturated rings. The first-order chi connectivity index (χ1) is 26.8. The van der Waals surface area contributed by atoms with Gasteiger partial charge in [-0.3, -0.25) is 9.59 Å². The number of allylic oxidation sites excluding steroid dienone is 1. The molecule has 3 heterocycles. The second-order valence-corrected chi connectivity index (χ2v) is 13.1. The van der Waals surface area contributed by atoms with Crippen molar-refractivity contribution in [2.45, 2.75) is 18.6 Å². The van der Waals surface area contributed by atoms with Crippen molar-refractivity contribution in [3.05, 3.63) is 118 Å². The van der Waals surface area contributed by atoms with Crippen molar-refractivity contribution >= 4 is 17.8 Å². The number of halogens is 1. The minimum atomic E-state index is -0.597. The van der Waals surface area contributed by atoms with Gasteiger partial charge in [0.15, 0.2) is 40.3 Å². The lowest BCUT2D eigenvalue weighted by atomic mass is 9.65. The lowest BCUT2D eigenvalue weighted by molar-refractivity contribution is -0.141. The van der Waals surface area contributed by atoms with Gasteiger partial charge in [-0.2, -0.15) is 0 Å². The quantitative estimate of drug-likeness (QED) is 0.0818. The summed E-state index contributed by atoms with van der Waals surface area (Å²) in [5.74, 6) is 0.936. The number of hydrogen-bond donors (Lipinski definition) is 0. The Morgan fingerprint density at radius 2 is 1.56 bits per heavy atom. The SMILES string of the molecule is COc1cc(C(=O)/C=C/c2ccc(F)cc2)ccc1OCc1cn([C@H]2c3cc4c(cc3[C@@H](c3cc(OC)c(OC)c(OC)c3)[C@H]3C(=O)OC[C@@H]32)OCO4)nn1. The maximum atomic E-state index is 13.7. The van der Waals surface area contributed by atoms with E-state index in [1.165, 1.54) is 32.4 Å². The minimum absolute atomic E-state index is 0.0342. The number of aromatic nitrogens is 3. The van der Waals surface area contributed by atoms with E-state index in [0.717, 1.165) is 16.7 Å². The molecule has 0 saturated carbocycles. The molecule has 1 aromatic heterocycles. The number of carbonyl (C=O) groups is 2. The van der Waals surface area contributed by atoms with Crippen LogP contribution in [0.15, 0.2) is 79.0 Å². The second-order valence-electron chi connectivity index (χ2n) is 13.1. The van der Waals surface area contributed by atoms with Crippen molar-refractivity contribution in [2.75, 3.05) is 41.8 Å². The van der Waals surface area contributed by atoms with Gasteiger partial charge >= 0.3 is 5.97 Å². The third kappa shape index (κ3) is 6.53. The molecule has 282 valence electrons. The molecule has 8 rings (SSSR count). The predicted molar refractivity (Wildman–Crippen MR) is 194 cm³/mol. The van der Waals surface area contributed by atoms with Crippen LogP contribution in [-0.2, 0) is 16.1 Å². The summed E-state index contributed by atoms with van der Waals surface area (Å²) in [6.45, 7) is 0.269. The van der Waals surface area contributed by atoms with E-state index in [2.05, 4.69) is 10.3 Å². The highest BCUT2D eigenvalue weighted by molar-refractivity contribution is 6.07. The molecule has 3 aliphatic rings. The van der Waals surface area contributed by atoms with E-state index in [9.17, 15) is 14.0 Å². The summed E-state index contributed by atoms with van der Waals surface area (Å²) in [7, 11) is 6.12. The van der Waals surface area contributed by atoms with Crippen LogP contribution in [-0.4, -0.2) is 68.6 Å². The lowest BCUT2D eigenvalue weighted by Crippen LogP contribution is -2.37. The lowest BCUT2D eigenvalue weighted by Gasteiger charge is -2.39. The molecule has 4 aromatic carbocycles. The molecular weight excluding hydrogens is 713 g/mol. The molecule has 0 unspecified atom stereocenters. The number of nitrogens with zero attached hydrogens (tertiary/aromatic N) is 3. The summed E-state index contributed by atoms with van der Waals surface area (Å²) in [5.41, 5.74) is 4.08. The van der Waals surface area contributed by atoms with E-state index in [1.54, 1.807) is 61.5 Å². The first-order valence-electron chi connectivity index (χ1n) is 17.4. The zero-order valence-corrected chi connectivity index (χ0v) is 30.3. The summed E-state index contributed by atoms with van der Waals surface area (Å²) < 4.78 is 61.0. The van der Waals surface area contributed by atoms with Gasteiger partial charge in [-0.15, -0.1) is 5.10 Å². The van der Waals surface area contributed by atoms with Gasteiger partial charge in [-0.25, -0.2) is 9.07 Å². The van der Waals surface area contributed by atoms with Gasteiger partial charge in [0.25, 0.3) is 0 Å². The Labute approximate surface area is 315 Å². The zero-order chi connectivity index (χ0) is 38.2. The van der Waals surface area contributed by atoms with Crippen LogP contribution in [0.1, 0.15) is 50.3 Å². The first-order valence-corrected chi connectivity index (χ1v) is 17.4. The number of ketones is 1. The number of methoxy groups -OCH3 is 4. The molecule has 1 aliphatic carbocycles. The molecule has 0 bridgehead atoms. The number of fused-ring (bicyclic) bond motifs is 3. The largest absolute Gasteiger partial charge is 0.493 e. The van der Waals surface area contributed by atoms with Crippen molar-refractivity contribution in [2.24, 2.45) is 11.8 Å². The van der Waals surface area contributed by atoms with Gasteiger partial charge in [-0.05, 0) is 82.9 Å². The minimum Gasteiger partial charge on any atom is -0.493 e. The van der Waals surface area contributed by atoms with Crippen molar-refractivity contribution in [1.29, 1.82) is 0 Å². The van der Waals surface area contributed by atoms with Crippen LogP contribution >= 0.6 is 0 Å². The van der Waals surface area contributed by atoms with Gasteiger partial charge in [0.2, 0.25) is 12.5 Å². The Morgan fingerprint density at radius 3 is 2.25 bits per heavy atom. The van der Waals surface area contributed by atoms with Gasteiger partial charge in [0.1, 0.15) is 18.1 Å². The number of cyclic esters (lactones) is 1. The first kappa shape index (κ1) is 35.5. The van der Waals surface area contributed by atoms with Crippen LogP contribution < -0.4 is 33.2 Å². The molecule has 0 radical (unpaired) electrons. The highest BCUT2D eigenvalue weighted by Crippen LogP contribution is 2.56. The Bertz CT molecular complexity index is 2280. The fourth-order valence-electron chi connectivity index (χ4n) is 7.60. The maximum absolute atomic E-state index is 13.7. The van der Waals surface area contributed by atoms with Crippen molar-refractivity contribution in [3.63, 3.8) is 0 Å². The van der Waals surface area contributed by atoms with E-state index < -0.39 is 17.9 Å². The molecule has 0 N–H and O–H groups in total. The van der Waals surface area contributed by atoms with Crippen molar-refractivity contribution < 1.29 is 51.9 Å². The smallest absolute Gasteiger partial charge is 0.310 e. The molecule has 1 saturated heterocycles. The van der Waals surface area contributed by atoms with Crippen LogP contribution in [0.25, 0.3) is 6.08 Å². The van der Waals surface area contributed by atoms with Crippen LogP contribution in [0.3, 0.4) is 0 Å². The monoisotopic (exact) mass is 749 g/mol. The number of carbonyl (C=O) groups excluding carboxylic acids is 2.